The van der Waals surface area contributed by atoms with Crippen LogP contribution in [0.2, 0.25) is 5.02 Å². The van der Waals surface area contributed by atoms with Crippen LogP contribution in [-0.2, 0) is 9.53 Å². The number of ether oxygens (including phenoxy) is 3. The number of anilines is 1. The van der Waals surface area contributed by atoms with Gasteiger partial charge in [-0.3, -0.25) is 9.59 Å². The Morgan fingerprint density at radius 1 is 1.07 bits per heavy atom. The Morgan fingerprint density at radius 3 is 2.36 bits per heavy atom. The number of Topliss-reactive ketones (excluding diaryl/α,β-unsaturated/α-hetero) is 1. The third-order valence-electron chi connectivity index (χ3n) is 3.89. The molecule has 0 aliphatic rings. The van der Waals surface area contributed by atoms with E-state index in [1.54, 1.807) is 24.3 Å². The minimum atomic E-state index is -1.11. The lowest BCUT2D eigenvalue weighted by molar-refractivity contribution is -0.123. The highest BCUT2D eigenvalue weighted by Crippen LogP contribution is 2.36. The van der Waals surface area contributed by atoms with Crippen LogP contribution in [0, 0.1) is 0 Å². The summed E-state index contributed by atoms with van der Waals surface area (Å²) < 4.78 is 15.5. The van der Waals surface area contributed by atoms with E-state index in [-0.39, 0.29) is 27.9 Å². The first-order valence-corrected chi connectivity index (χ1v) is 8.69. The van der Waals surface area contributed by atoms with Gasteiger partial charge in [0.1, 0.15) is 0 Å². The summed E-state index contributed by atoms with van der Waals surface area (Å²) in [4.78, 5) is 36.4. The predicted molar refractivity (Wildman–Crippen MR) is 105 cm³/mol. The van der Waals surface area contributed by atoms with Crippen LogP contribution in [0.4, 0.5) is 5.69 Å². The number of esters is 1. The summed E-state index contributed by atoms with van der Waals surface area (Å²) in [6, 6.07) is 9.34. The zero-order valence-corrected chi connectivity index (χ0v) is 16.6. The number of carbonyl (C=O) groups is 3. The lowest BCUT2D eigenvalue weighted by atomic mass is 10.1. The molecule has 0 aromatic heterocycles. The third-order valence-corrected chi connectivity index (χ3v) is 4.17. The molecule has 2 rings (SSSR count). The van der Waals surface area contributed by atoms with Gasteiger partial charge in [-0.1, -0.05) is 23.7 Å². The van der Waals surface area contributed by atoms with Gasteiger partial charge < -0.3 is 19.5 Å². The molecule has 0 aliphatic carbocycles. The highest BCUT2D eigenvalue weighted by atomic mass is 35.5. The second-order valence-electron chi connectivity index (χ2n) is 5.83. The van der Waals surface area contributed by atoms with Gasteiger partial charge in [-0.2, -0.15) is 0 Å². The molecule has 1 N–H and O–H groups in total. The second-order valence-corrected chi connectivity index (χ2v) is 6.24. The van der Waals surface area contributed by atoms with E-state index in [9.17, 15) is 14.4 Å². The molecule has 2 aromatic carbocycles. The highest BCUT2D eigenvalue weighted by molar-refractivity contribution is 6.32. The molecular formula is C20H20ClNO6. The van der Waals surface area contributed by atoms with Gasteiger partial charge in [-0.25, -0.2) is 4.79 Å². The molecule has 0 unspecified atom stereocenters. The van der Waals surface area contributed by atoms with Gasteiger partial charge in [0.15, 0.2) is 23.4 Å². The quantitative estimate of drug-likeness (QED) is 0.557. The van der Waals surface area contributed by atoms with Crippen molar-refractivity contribution in [3.8, 4) is 11.5 Å². The Kier molecular flexibility index (Phi) is 7.00. The maximum atomic E-state index is 12.4. The van der Waals surface area contributed by atoms with E-state index < -0.39 is 18.0 Å². The number of methoxy groups -OCH3 is 2. The number of rotatable bonds is 7. The van der Waals surface area contributed by atoms with Crippen LogP contribution in [0.1, 0.15) is 34.6 Å². The van der Waals surface area contributed by atoms with Crippen LogP contribution in [0.25, 0.3) is 0 Å². The number of ketones is 1. The smallest absolute Gasteiger partial charge is 0.339 e. The lowest BCUT2D eigenvalue weighted by Gasteiger charge is -2.16. The number of para-hydroxylation sites is 1. The molecule has 0 aliphatic heterocycles. The van der Waals surface area contributed by atoms with Crippen LogP contribution >= 0.6 is 11.6 Å². The molecule has 0 radical (unpaired) electrons. The molecule has 1 atom stereocenters. The monoisotopic (exact) mass is 405 g/mol. The lowest BCUT2D eigenvalue weighted by Crippen LogP contribution is -2.30. The number of benzene rings is 2. The molecule has 0 heterocycles. The summed E-state index contributed by atoms with van der Waals surface area (Å²) in [5.74, 6) is -0.985. The standard InChI is InChI=1S/C20H20ClNO6/c1-11(23)14-7-5-6-8-16(14)22-19(24)12(2)28-20(25)13-9-15(21)18(27-4)17(10-13)26-3/h5-10,12H,1-4H3,(H,22,24)/t12-/m0/s1. The van der Waals surface area contributed by atoms with E-state index in [1.165, 1.54) is 40.2 Å². The fraction of sp³-hybridized carbons (Fsp3) is 0.250. The van der Waals surface area contributed by atoms with E-state index >= 15 is 0 Å². The molecule has 0 bridgehead atoms. The Hall–Kier alpha value is -3.06. The predicted octanol–water partition coefficient (Wildman–Crippen LogP) is 3.74. The van der Waals surface area contributed by atoms with Gasteiger partial charge in [-0.05, 0) is 38.1 Å². The second kappa shape index (κ2) is 9.23. The summed E-state index contributed by atoms with van der Waals surface area (Å²) >= 11 is 6.09. The largest absolute Gasteiger partial charge is 0.493 e. The van der Waals surface area contributed by atoms with Crippen LogP contribution in [0.3, 0.4) is 0 Å². The fourth-order valence-corrected chi connectivity index (χ4v) is 2.74. The van der Waals surface area contributed by atoms with E-state index in [2.05, 4.69) is 5.32 Å². The molecule has 0 fully saturated rings. The minimum absolute atomic E-state index is 0.103. The van der Waals surface area contributed by atoms with Gasteiger partial charge in [0, 0.05) is 5.56 Å². The van der Waals surface area contributed by atoms with Crippen molar-refractivity contribution in [1.82, 2.24) is 0 Å². The van der Waals surface area contributed by atoms with Crippen molar-refractivity contribution in [2.75, 3.05) is 19.5 Å². The van der Waals surface area contributed by atoms with E-state index in [1.807, 2.05) is 0 Å². The maximum Gasteiger partial charge on any atom is 0.339 e. The Labute approximate surface area is 167 Å². The Balaban J connectivity index is 2.13. The first-order chi connectivity index (χ1) is 13.3. The summed E-state index contributed by atoms with van der Waals surface area (Å²) in [6.07, 6.45) is -1.11. The molecule has 2 aromatic rings. The first-order valence-electron chi connectivity index (χ1n) is 8.31. The van der Waals surface area contributed by atoms with Gasteiger partial charge in [-0.15, -0.1) is 0 Å². The Bertz CT molecular complexity index is 912. The number of hydrogen-bond donors (Lipinski definition) is 1. The van der Waals surface area contributed by atoms with Crippen molar-refractivity contribution < 1.29 is 28.6 Å². The first kappa shape index (κ1) is 21.2. The van der Waals surface area contributed by atoms with E-state index in [0.29, 0.717) is 11.3 Å². The molecule has 8 heteroatoms. The summed E-state index contributed by atoms with van der Waals surface area (Å²) in [5, 5.41) is 2.76. The van der Waals surface area contributed by atoms with Gasteiger partial charge in [0.25, 0.3) is 5.91 Å². The molecule has 148 valence electrons. The van der Waals surface area contributed by atoms with Crippen molar-refractivity contribution in [2.45, 2.75) is 20.0 Å². The van der Waals surface area contributed by atoms with Gasteiger partial charge in [0.05, 0.1) is 30.5 Å². The molecule has 0 saturated heterocycles. The molecular weight excluding hydrogens is 386 g/mol. The van der Waals surface area contributed by atoms with E-state index in [0.717, 1.165) is 0 Å². The number of halogens is 1. The van der Waals surface area contributed by atoms with Crippen LogP contribution in [-0.4, -0.2) is 38.0 Å². The average molecular weight is 406 g/mol. The number of hydrogen-bond acceptors (Lipinski definition) is 6. The van der Waals surface area contributed by atoms with Crippen LogP contribution in [0.15, 0.2) is 36.4 Å². The Morgan fingerprint density at radius 2 is 1.75 bits per heavy atom. The average Bonchev–Trinajstić information content (AvgIpc) is 2.67. The van der Waals surface area contributed by atoms with Crippen LogP contribution in [0.5, 0.6) is 11.5 Å². The van der Waals surface area contributed by atoms with Crippen molar-refractivity contribution in [3.63, 3.8) is 0 Å². The van der Waals surface area contributed by atoms with Crippen molar-refractivity contribution in [1.29, 1.82) is 0 Å². The number of nitrogens with one attached hydrogen (secondary N) is 1. The maximum absolute atomic E-state index is 12.4. The third kappa shape index (κ3) is 4.80. The van der Waals surface area contributed by atoms with Gasteiger partial charge >= 0.3 is 5.97 Å². The van der Waals surface area contributed by atoms with Crippen LogP contribution < -0.4 is 14.8 Å². The van der Waals surface area contributed by atoms with E-state index in [4.69, 9.17) is 25.8 Å². The number of amides is 1. The molecule has 7 nitrogen and oxygen atoms in total. The molecule has 1 amide bonds. The normalized spacial score (nSPS) is 11.3. The van der Waals surface area contributed by atoms with Crippen molar-refractivity contribution in [2.24, 2.45) is 0 Å². The zero-order valence-electron chi connectivity index (χ0n) is 15.9. The van der Waals surface area contributed by atoms with Crippen molar-refractivity contribution >= 4 is 34.9 Å². The fourth-order valence-electron chi connectivity index (χ4n) is 2.45. The zero-order chi connectivity index (χ0) is 20.8. The summed E-state index contributed by atoms with van der Waals surface area (Å²) in [7, 11) is 2.83. The topological polar surface area (TPSA) is 90.9 Å². The SMILES string of the molecule is COc1cc(C(=O)O[C@@H](C)C(=O)Nc2ccccc2C(C)=O)cc(Cl)c1OC. The van der Waals surface area contributed by atoms with Gasteiger partial charge in [0.2, 0.25) is 0 Å². The number of carbonyl (C=O) groups excluding carboxylic acids is 3. The molecule has 0 saturated carbocycles. The molecule has 0 spiro atoms. The summed E-state index contributed by atoms with van der Waals surface area (Å²) in [6.45, 7) is 2.82. The van der Waals surface area contributed by atoms with Crippen molar-refractivity contribution in [3.05, 3.63) is 52.5 Å². The minimum Gasteiger partial charge on any atom is -0.493 e. The highest BCUT2D eigenvalue weighted by Gasteiger charge is 2.22. The molecule has 28 heavy (non-hydrogen) atoms. The summed E-state index contributed by atoms with van der Waals surface area (Å²) in [5.41, 5.74) is 0.810.